The average molecular weight is 668 g/mol. The Morgan fingerprint density at radius 1 is 1.07 bits per heavy atom. The second kappa shape index (κ2) is 15.3. The van der Waals surface area contributed by atoms with Crippen molar-refractivity contribution in [2.75, 3.05) is 20.3 Å². The Kier molecular flexibility index (Phi) is 11.2. The number of urea groups is 1. The number of allylic oxidation sites excluding steroid dienone is 1. The number of esters is 1. The summed E-state index contributed by atoms with van der Waals surface area (Å²) in [6.07, 6.45) is 0.446. The number of nitrogens with one attached hydrogen (secondary N) is 3. The largest absolute Gasteiger partial charge is 0.490 e. The molecular formula is C32H35BrN4O7. The zero-order valence-electron chi connectivity index (χ0n) is 24.8. The fourth-order valence-electron chi connectivity index (χ4n) is 4.50. The van der Waals surface area contributed by atoms with E-state index in [0.717, 1.165) is 15.6 Å². The van der Waals surface area contributed by atoms with Gasteiger partial charge in [0.2, 0.25) is 0 Å². The van der Waals surface area contributed by atoms with Crippen LogP contribution in [0.4, 0.5) is 4.79 Å². The molecule has 0 radical (unpaired) electrons. The molecule has 1 aliphatic rings. The average Bonchev–Trinajstić information content (AvgIpc) is 2.99. The normalized spacial score (nSPS) is 15.3. The standard InChI is InChI=1S/C32H35BrN4O7/c1-5-42-27-15-23(30-29(31(39)41-4)20(3)35-32(40)36-30)10-12-26(27)44-18-28(38)37-34-16-21-9-11-25(24(33)14-21)43-17-22-8-6-7-19(2)13-22/h6-16,28,30,37-38H,5,17-18H2,1-4H3,(H2,35,36,40)/b34-16-/t28-,30+/m0/s1. The molecule has 0 bridgehead atoms. The molecule has 4 N–H and O–H groups in total. The van der Waals surface area contributed by atoms with E-state index in [2.05, 4.69) is 43.2 Å². The van der Waals surface area contributed by atoms with E-state index in [-0.39, 0.29) is 12.2 Å². The van der Waals surface area contributed by atoms with Crippen molar-refractivity contribution in [2.45, 2.75) is 39.6 Å². The minimum Gasteiger partial charge on any atom is -0.490 e. The summed E-state index contributed by atoms with van der Waals surface area (Å²) in [7, 11) is 1.28. The number of aryl methyl sites for hydroxylation is 1. The quantitative estimate of drug-likeness (QED) is 0.0878. The van der Waals surface area contributed by atoms with Crippen LogP contribution in [0.5, 0.6) is 17.2 Å². The number of aliphatic hydroxyl groups is 1. The van der Waals surface area contributed by atoms with Gasteiger partial charge in [0.15, 0.2) is 17.7 Å². The van der Waals surface area contributed by atoms with Gasteiger partial charge in [0.1, 0.15) is 19.0 Å². The number of halogens is 1. The number of nitrogens with zero attached hydrogens (tertiary/aromatic N) is 1. The Morgan fingerprint density at radius 3 is 2.59 bits per heavy atom. The highest BCUT2D eigenvalue weighted by Gasteiger charge is 2.32. The third-order valence-corrected chi connectivity index (χ3v) is 7.16. The first-order valence-corrected chi connectivity index (χ1v) is 14.7. The number of ether oxygens (including phenoxy) is 4. The van der Waals surface area contributed by atoms with Crippen LogP contribution in [0.2, 0.25) is 0 Å². The number of amides is 2. The second-order valence-corrected chi connectivity index (χ2v) is 10.7. The molecule has 4 rings (SSSR count). The van der Waals surface area contributed by atoms with Crippen LogP contribution in [0, 0.1) is 6.92 Å². The molecule has 0 fully saturated rings. The predicted octanol–water partition coefficient (Wildman–Crippen LogP) is 4.86. The van der Waals surface area contributed by atoms with Crippen LogP contribution in [0.1, 0.15) is 42.1 Å². The smallest absolute Gasteiger partial charge is 0.337 e. The van der Waals surface area contributed by atoms with Gasteiger partial charge in [-0.15, -0.1) is 0 Å². The lowest BCUT2D eigenvalue weighted by atomic mass is 9.95. The molecule has 3 aromatic rings. The van der Waals surface area contributed by atoms with Crippen molar-refractivity contribution in [3.05, 3.63) is 98.7 Å². The third-order valence-electron chi connectivity index (χ3n) is 6.54. The van der Waals surface area contributed by atoms with E-state index in [4.69, 9.17) is 18.9 Å². The fraction of sp³-hybridized carbons (Fsp3) is 0.281. The zero-order valence-corrected chi connectivity index (χ0v) is 26.4. The second-order valence-electron chi connectivity index (χ2n) is 9.88. The third kappa shape index (κ3) is 8.51. The molecule has 0 aliphatic carbocycles. The maximum Gasteiger partial charge on any atom is 0.337 e. The van der Waals surface area contributed by atoms with Crippen LogP contribution in [0.3, 0.4) is 0 Å². The zero-order chi connectivity index (χ0) is 31.6. The molecule has 0 spiro atoms. The van der Waals surface area contributed by atoms with Crippen molar-refractivity contribution in [3.8, 4) is 17.2 Å². The number of hydrogen-bond donors (Lipinski definition) is 4. The van der Waals surface area contributed by atoms with E-state index in [1.54, 1.807) is 31.3 Å². The SMILES string of the molecule is CCOc1cc([C@H]2NC(=O)NC(C)=C2C(=O)OC)ccc1OC[C@H](O)N/N=C\c1ccc(OCc2cccc(C)c2)c(Br)c1. The van der Waals surface area contributed by atoms with Gasteiger partial charge in [-0.25, -0.2) is 9.59 Å². The molecule has 11 nitrogen and oxygen atoms in total. The Bertz CT molecular complexity index is 1560. The Balaban J connectivity index is 1.34. The Hall–Kier alpha value is -4.55. The fourth-order valence-corrected chi connectivity index (χ4v) is 5.01. The predicted molar refractivity (Wildman–Crippen MR) is 169 cm³/mol. The van der Waals surface area contributed by atoms with E-state index in [1.807, 2.05) is 50.2 Å². The van der Waals surface area contributed by atoms with Crippen LogP contribution in [0.25, 0.3) is 0 Å². The summed E-state index contributed by atoms with van der Waals surface area (Å²) in [6, 6.07) is 17.5. The van der Waals surface area contributed by atoms with Gasteiger partial charge in [-0.1, -0.05) is 35.9 Å². The minimum atomic E-state index is -1.12. The van der Waals surface area contributed by atoms with Crippen molar-refractivity contribution in [2.24, 2.45) is 5.10 Å². The van der Waals surface area contributed by atoms with Crippen LogP contribution < -0.4 is 30.3 Å². The molecule has 3 aromatic carbocycles. The van der Waals surface area contributed by atoms with Crippen molar-refractivity contribution >= 4 is 34.1 Å². The number of hydrazone groups is 1. The minimum absolute atomic E-state index is 0.136. The number of carbonyl (C=O) groups excluding carboxylic acids is 2. The molecule has 0 unspecified atom stereocenters. The van der Waals surface area contributed by atoms with Gasteiger partial charge in [0.05, 0.1) is 36.0 Å². The summed E-state index contributed by atoms with van der Waals surface area (Å²) < 4.78 is 23.2. The van der Waals surface area contributed by atoms with E-state index >= 15 is 0 Å². The molecule has 0 aromatic heterocycles. The van der Waals surface area contributed by atoms with E-state index in [9.17, 15) is 14.7 Å². The summed E-state index contributed by atoms with van der Waals surface area (Å²) in [6.45, 7) is 6.15. The first-order chi connectivity index (χ1) is 21.2. The number of carbonyl (C=O) groups is 2. The lowest BCUT2D eigenvalue weighted by Gasteiger charge is -2.28. The summed E-state index contributed by atoms with van der Waals surface area (Å²) in [5.41, 5.74) is 6.95. The van der Waals surface area contributed by atoms with Crippen molar-refractivity contribution in [1.82, 2.24) is 16.1 Å². The lowest BCUT2D eigenvalue weighted by Crippen LogP contribution is -2.45. The van der Waals surface area contributed by atoms with E-state index < -0.39 is 24.3 Å². The van der Waals surface area contributed by atoms with Crippen LogP contribution in [-0.2, 0) is 16.1 Å². The topological polar surface area (TPSA) is 140 Å². The monoisotopic (exact) mass is 666 g/mol. The summed E-state index contributed by atoms with van der Waals surface area (Å²) >= 11 is 3.54. The van der Waals surface area contributed by atoms with Crippen molar-refractivity contribution < 1.29 is 33.6 Å². The summed E-state index contributed by atoms with van der Waals surface area (Å²) in [4.78, 5) is 24.6. The number of hydrogen-bond acceptors (Lipinski definition) is 9. The highest BCUT2D eigenvalue weighted by molar-refractivity contribution is 9.10. The maximum atomic E-state index is 12.4. The molecule has 2 amide bonds. The number of rotatable bonds is 13. The molecule has 0 saturated heterocycles. The first kappa shape index (κ1) is 32.4. The molecule has 232 valence electrons. The van der Waals surface area contributed by atoms with Gasteiger partial charge in [0.25, 0.3) is 0 Å². The van der Waals surface area contributed by atoms with E-state index in [1.165, 1.54) is 12.7 Å². The number of methoxy groups -OCH3 is 1. The van der Waals surface area contributed by atoms with Crippen LogP contribution in [0.15, 0.2) is 81.5 Å². The molecule has 0 saturated carbocycles. The summed E-state index contributed by atoms with van der Waals surface area (Å²) in [5.74, 6) is 0.885. The van der Waals surface area contributed by atoms with Gasteiger partial charge < -0.3 is 34.7 Å². The Labute approximate surface area is 264 Å². The highest BCUT2D eigenvalue weighted by atomic mass is 79.9. The molecule has 1 heterocycles. The number of aliphatic hydroxyl groups excluding tert-OH is 1. The lowest BCUT2D eigenvalue weighted by molar-refractivity contribution is -0.136. The highest BCUT2D eigenvalue weighted by Crippen LogP contribution is 2.35. The molecule has 1 aliphatic heterocycles. The van der Waals surface area contributed by atoms with Gasteiger partial charge >= 0.3 is 12.0 Å². The van der Waals surface area contributed by atoms with Crippen LogP contribution >= 0.6 is 15.9 Å². The van der Waals surface area contributed by atoms with E-state index in [0.29, 0.717) is 41.7 Å². The number of benzene rings is 3. The van der Waals surface area contributed by atoms with Gasteiger partial charge in [-0.2, -0.15) is 5.10 Å². The Morgan fingerprint density at radius 2 is 1.86 bits per heavy atom. The maximum absolute atomic E-state index is 12.4. The van der Waals surface area contributed by atoms with Gasteiger partial charge in [0, 0.05) is 5.70 Å². The van der Waals surface area contributed by atoms with Crippen molar-refractivity contribution in [3.63, 3.8) is 0 Å². The van der Waals surface area contributed by atoms with Crippen LogP contribution in [-0.4, -0.2) is 49.9 Å². The van der Waals surface area contributed by atoms with Gasteiger partial charge in [-0.3, -0.25) is 5.43 Å². The van der Waals surface area contributed by atoms with Gasteiger partial charge in [-0.05, 0) is 83.7 Å². The first-order valence-electron chi connectivity index (χ1n) is 13.9. The van der Waals surface area contributed by atoms with Crippen molar-refractivity contribution in [1.29, 1.82) is 0 Å². The molecule has 12 heteroatoms. The summed E-state index contributed by atoms with van der Waals surface area (Å²) in [5, 5.41) is 19.9. The molecular weight excluding hydrogens is 632 g/mol. The molecule has 44 heavy (non-hydrogen) atoms. The molecule has 2 atom stereocenters.